The molecule has 0 aliphatic carbocycles. The number of para-hydroxylation sites is 1. The molecule has 1 amide bonds. The zero-order valence-electron chi connectivity index (χ0n) is 25.8. The van der Waals surface area contributed by atoms with Crippen LogP contribution in [-0.4, -0.2) is 44.8 Å². The lowest BCUT2D eigenvalue weighted by Crippen LogP contribution is -2.45. The molecule has 3 N–H and O–H groups in total. The number of carbonyl (C=O) groups is 3. The molecule has 0 saturated heterocycles. The van der Waals surface area contributed by atoms with E-state index < -0.39 is 29.4 Å². The SMILES string of the molecule is CC(C)(C)OC(=O)N[C@@H](Cc1cn(C(=O)OC(C)(C)C)c2ccccc12)C(=O)Cc1ccc(N=Nc2ccccc2)c(N)n1. The van der Waals surface area contributed by atoms with Gasteiger partial charge in [-0.2, -0.15) is 5.11 Å². The Morgan fingerprint density at radius 1 is 0.886 bits per heavy atom. The number of anilines is 1. The highest BCUT2D eigenvalue weighted by Gasteiger charge is 2.28. The van der Waals surface area contributed by atoms with E-state index in [1.165, 1.54) is 4.57 Å². The summed E-state index contributed by atoms with van der Waals surface area (Å²) in [6.45, 7) is 10.6. The molecule has 11 heteroatoms. The van der Waals surface area contributed by atoms with E-state index in [2.05, 4.69) is 20.5 Å². The second-order valence-electron chi connectivity index (χ2n) is 12.3. The number of aromatic nitrogens is 2. The van der Waals surface area contributed by atoms with Crippen LogP contribution < -0.4 is 11.1 Å². The van der Waals surface area contributed by atoms with Gasteiger partial charge < -0.3 is 20.5 Å². The molecule has 0 radical (unpaired) electrons. The molecule has 2 aromatic carbocycles. The van der Waals surface area contributed by atoms with E-state index in [0.717, 1.165) is 5.39 Å². The fourth-order valence-electron chi connectivity index (χ4n) is 4.39. The Morgan fingerprint density at radius 3 is 2.20 bits per heavy atom. The van der Waals surface area contributed by atoms with Crippen molar-refractivity contribution in [3.63, 3.8) is 0 Å². The Bertz CT molecular complexity index is 1680. The Kier molecular flexibility index (Phi) is 9.46. The van der Waals surface area contributed by atoms with Gasteiger partial charge in [0.1, 0.15) is 16.9 Å². The molecule has 11 nitrogen and oxygen atoms in total. The van der Waals surface area contributed by atoms with Gasteiger partial charge in [0.15, 0.2) is 11.6 Å². The molecule has 0 unspecified atom stereocenters. The maximum absolute atomic E-state index is 13.7. The van der Waals surface area contributed by atoms with Gasteiger partial charge in [-0.25, -0.2) is 14.6 Å². The number of Topliss-reactive ketones (excluding diaryl/α,β-unsaturated/α-hetero) is 1. The molecule has 0 spiro atoms. The second kappa shape index (κ2) is 13.1. The number of nitrogens with two attached hydrogens (primary N) is 1. The van der Waals surface area contributed by atoms with Crippen LogP contribution in [0.3, 0.4) is 0 Å². The van der Waals surface area contributed by atoms with Gasteiger partial charge in [-0.15, -0.1) is 5.11 Å². The summed E-state index contributed by atoms with van der Waals surface area (Å²) in [7, 11) is 0. The lowest BCUT2D eigenvalue weighted by Gasteiger charge is -2.23. The number of fused-ring (bicyclic) bond motifs is 1. The molecular formula is C33H38N6O5. The molecule has 2 heterocycles. The van der Waals surface area contributed by atoms with Crippen LogP contribution in [0.25, 0.3) is 10.9 Å². The van der Waals surface area contributed by atoms with E-state index in [0.29, 0.717) is 28.1 Å². The van der Waals surface area contributed by atoms with Crippen LogP contribution in [0.4, 0.5) is 26.8 Å². The summed E-state index contributed by atoms with van der Waals surface area (Å²) < 4.78 is 12.5. The van der Waals surface area contributed by atoms with Crippen LogP contribution in [0.2, 0.25) is 0 Å². The van der Waals surface area contributed by atoms with Gasteiger partial charge in [-0.3, -0.25) is 9.36 Å². The van der Waals surface area contributed by atoms with Gasteiger partial charge in [0.25, 0.3) is 0 Å². The Balaban J connectivity index is 1.60. The molecule has 230 valence electrons. The molecule has 2 aromatic heterocycles. The van der Waals surface area contributed by atoms with Crippen LogP contribution in [0.5, 0.6) is 0 Å². The molecule has 0 saturated carbocycles. The van der Waals surface area contributed by atoms with Crippen molar-refractivity contribution in [2.45, 2.75) is 71.6 Å². The summed E-state index contributed by atoms with van der Waals surface area (Å²) in [6.07, 6.45) is 0.320. The standard InChI is InChI=1S/C33H38N6O5/c1-32(2,3)43-30(41)36-26(18-21-20-39(31(42)44-33(4,5)6)27-15-11-10-14-24(21)27)28(40)19-23-16-17-25(29(34)35-23)38-37-22-12-8-7-9-13-22/h7-17,20,26H,18-19H2,1-6H3,(H2,34,35)(H,36,41)/t26-/m0/s1. The highest BCUT2D eigenvalue weighted by atomic mass is 16.6. The number of nitrogen functional groups attached to an aromatic ring is 1. The third-order valence-corrected chi connectivity index (χ3v) is 6.23. The number of hydrogen-bond acceptors (Lipinski definition) is 9. The topological polar surface area (TPSA) is 150 Å². The van der Waals surface area contributed by atoms with Crippen molar-refractivity contribution in [1.29, 1.82) is 0 Å². The van der Waals surface area contributed by atoms with Crippen LogP contribution in [0.1, 0.15) is 52.8 Å². The van der Waals surface area contributed by atoms with Crippen molar-refractivity contribution in [3.05, 3.63) is 84.2 Å². The van der Waals surface area contributed by atoms with E-state index in [4.69, 9.17) is 15.2 Å². The quantitative estimate of drug-likeness (QED) is 0.206. The van der Waals surface area contributed by atoms with E-state index in [1.807, 2.05) is 48.5 Å². The normalized spacial score (nSPS) is 12.7. The first kappa shape index (κ1) is 31.9. The second-order valence-corrected chi connectivity index (χ2v) is 12.3. The predicted molar refractivity (Wildman–Crippen MR) is 168 cm³/mol. The minimum Gasteiger partial charge on any atom is -0.444 e. The molecule has 0 fully saturated rings. The average Bonchev–Trinajstić information content (AvgIpc) is 3.29. The first-order valence-electron chi connectivity index (χ1n) is 14.3. The number of ketones is 1. The summed E-state index contributed by atoms with van der Waals surface area (Å²) >= 11 is 0. The number of amides is 1. The van der Waals surface area contributed by atoms with Crippen molar-refractivity contribution < 1.29 is 23.9 Å². The number of benzene rings is 2. The highest BCUT2D eigenvalue weighted by molar-refractivity contribution is 5.94. The largest absolute Gasteiger partial charge is 0.444 e. The predicted octanol–water partition coefficient (Wildman–Crippen LogP) is 7.06. The van der Waals surface area contributed by atoms with Crippen LogP contribution in [0.15, 0.2) is 83.2 Å². The summed E-state index contributed by atoms with van der Waals surface area (Å²) in [5.41, 5.74) is 7.38. The first-order chi connectivity index (χ1) is 20.7. The van der Waals surface area contributed by atoms with Crippen LogP contribution >= 0.6 is 0 Å². The number of carbonyl (C=O) groups excluding carboxylic acids is 3. The molecule has 0 bridgehead atoms. The molecule has 44 heavy (non-hydrogen) atoms. The molecule has 4 aromatic rings. The smallest absolute Gasteiger partial charge is 0.419 e. The number of rotatable bonds is 8. The number of nitrogens with zero attached hydrogens (tertiary/aromatic N) is 4. The van der Waals surface area contributed by atoms with Crippen molar-refractivity contribution in [3.8, 4) is 0 Å². The van der Waals surface area contributed by atoms with Crippen LogP contribution in [-0.2, 0) is 27.1 Å². The highest BCUT2D eigenvalue weighted by Crippen LogP contribution is 2.26. The summed E-state index contributed by atoms with van der Waals surface area (Å²) in [4.78, 5) is 43.9. The zero-order chi connectivity index (χ0) is 32.1. The maximum atomic E-state index is 13.7. The lowest BCUT2D eigenvalue weighted by molar-refractivity contribution is -0.120. The van der Waals surface area contributed by atoms with Gasteiger partial charge in [0.05, 0.1) is 29.4 Å². The van der Waals surface area contributed by atoms with Crippen molar-refractivity contribution in [2.24, 2.45) is 10.2 Å². The summed E-state index contributed by atoms with van der Waals surface area (Å²) in [5, 5.41) is 11.8. The molecule has 4 rings (SSSR count). The van der Waals surface area contributed by atoms with Gasteiger partial charge in [0.2, 0.25) is 0 Å². The Morgan fingerprint density at radius 2 is 1.55 bits per heavy atom. The third-order valence-electron chi connectivity index (χ3n) is 6.23. The zero-order valence-corrected chi connectivity index (χ0v) is 25.8. The van der Waals surface area contributed by atoms with Crippen molar-refractivity contribution in [1.82, 2.24) is 14.9 Å². The van der Waals surface area contributed by atoms with Crippen LogP contribution in [0, 0.1) is 0 Å². The minimum atomic E-state index is -0.997. The number of hydrogen-bond donors (Lipinski definition) is 2. The minimum absolute atomic E-state index is 0.0905. The van der Waals surface area contributed by atoms with E-state index >= 15 is 0 Å². The molecular weight excluding hydrogens is 560 g/mol. The third kappa shape index (κ3) is 8.73. The van der Waals surface area contributed by atoms with E-state index in [9.17, 15) is 14.4 Å². The number of alkyl carbamates (subject to hydrolysis) is 1. The number of pyridine rings is 1. The number of nitrogens with one attached hydrogen (secondary N) is 1. The van der Waals surface area contributed by atoms with Gasteiger partial charge in [0, 0.05) is 18.0 Å². The molecule has 0 aliphatic rings. The average molecular weight is 599 g/mol. The Labute approximate surface area is 256 Å². The number of ether oxygens (including phenoxy) is 2. The fraction of sp³-hybridized carbons (Fsp3) is 0.333. The van der Waals surface area contributed by atoms with Crippen molar-refractivity contribution in [2.75, 3.05) is 5.73 Å². The van der Waals surface area contributed by atoms with Gasteiger partial charge in [-0.1, -0.05) is 36.4 Å². The fourth-order valence-corrected chi connectivity index (χ4v) is 4.39. The van der Waals surface area contributed by atoms with Crippen molar-refractivity contribution >= 4 is 46.1 Å². The van der Waals surface area contributed by atoms with E-state index in [-0.39, 0.29) is 24.4 Å². The summed E-state index contributed by atoms with van der Waals surface area (Å²) in [6, 6.07) is 18.8. The first-order valence-corrected chi connectivity index (χ1v) is 14.3. The molecule has 0 aliphatic heterocycles. The number of azo groups is 1. The van der Waals surface area contributed by atoms with Gasteiger partial charge >= 0.3 is 12.2 Å². The monoisotopic (exact) mass is 598 g/mol. The molecule has 1 atom stereocenters. The lowest BCUT2D eigenvalue weighted by atomic mass is 9.99. The Hall–Kier alpha value is -5.06. The van der Waals surface area contributed by atoms with Gasteiger partial charge in [-0.05, 0) is 77.4 Å². The van der Waals surface area contributed by atoms with E-state index in [1.54, 1.807) is 65.9 Å². The maximum Gasteiger partial charge on any atom is 0.419 e. The summed E-state index contributed by atoms with van der Waals surface area (Å²) in [5.74, 6) is -0.206.